The van der Waals surface area contributed by atoms with Gasteiger partial charge in [0, 0.05) is 18.0 Å². The molecule has 0 radical (unpaired) electrons. The molecule has 1 atom stereocenters. The van der Waals surface area contributed by atoms with Gasteiger partial charge in [-0.05, 0) is 44.7 Å². The third-order valence-corrected chi connectivity index (χ3v) is 5.68. The van der Waals surface area contributed by atoms with Gasteiger partial charge in [-0.15, -0.1) is 11.3 Å². The third-order valence-electron chi connectivity index (χ3n) is 4.30. The molecule has 0 saturated carbocycles. The number of aromatic nitrogens is 2. The summed E-state index contributed by atoms with van der Waals surface area (Å²) < 4.78 is 0. The predicted octanol–water partition coefficient (Wildman–Crippen LogP) is 3.17. The average molecular weight is 326 g/mol. The molecule has 1 aliphatic heterocycles. The molecule has 1 saturated heterocycles. The lowest BCUT2D eigenvalue weighted by atomic mass is 10.1. The summed E-state index contributed by atoms with van der Waals surface area (Å²) in [6, 6.07) is 0. The van der Waals surface area contributed by atoms with Crippen molar-refractivity contribution < 1.29 is 5.11 Å². The third kappa shape index (κ3) is 3.06. The smallest absolute Gasteiger partial charge is 0.145 e. The molecule has 0 amide bonds. The van der Waals surface area contributed by atoms with E-state index < -0.39 is 0 Å². The molecule has 21 heavy (non-hydrogen) atoms. The molecule has 0 bridgehead atoms. The Morgan fingerprint density at radius 2 is 2.19 bits per heavy atom. The zero-order chi connectivity index (χ0) is 15.0. The number of hydrogen-bond donors (Lipinski definition) is 1. The van der Waals surface area contributed by atoms with Gasteiger partial charge >= 0.3 is 0 Å². The van der Waals surface area contributed by atoms with E-state index in [0.29, 0.717) is 11.1 Å². The van der Waals surface area contributed by atoms with E-state index >= 15 is 0 Å². The first-order valence-electron chi connectivity index (χ1n) is 7.33. The fourth-order valence-corrected chi connectivity index (χ4v) is 4.42. The summed E-state index contributed by atoms with van der Waals surface area (Å²) in [5, 5.41) is 10.6. The van der Waals surface area contributed by atoms with Gasteiger partial charge in [0.1, 0.15) is 15.8 Å². The van der Waals surface area contributed by atoms with Gasteiger partial charge in [0.15, 0.2) is 0 Å². The Bertz CT molecular complexity index is 658. The quantitative estimate of drug-likeness (QED) is 0.877. The number of rotatable bonds is 4. The van der Waals surface area contributed by atoms with Crippen molar-refractivity contribution in [3.05, 3.63) is 21.4 Å². The van der Waals surface area contributed by atoms with Crippen molar-refractivity contribution >= 4 is 33.2 Å². The Morgan fingerprint density at radius 1 is 1.38 bits per heavy atom. The first kappa shape index (κ1) is 15.2. The van der Waals surface area contributed by atoms with E-state index in [1.54, 1.807) is 11.3 Å². The fourth-order valence-electron chi connectivity index (χ4n) is 2.99. The monoisotopic (exact) mass is 325 g/mol. The van der Waals surface area contributed by atoms with Gasteiger partial charge in [0.2, 0.25) is 0 Å². The highest BCUT2D eigenvalue weighted by Gasteiger charge is 2.23. The molecule has 0 spiro atoms. The molecule has 2 aromatic rings. The molecule has 1 fully saturated rings. The lowest BCUT2D eigenvalue weighted by molar-refractivity contribution is 0.248. The van der Waals surface area contributed by atoms with Gasteiger partial charge in [0.25, 0.3) is 0 Å². The number of aliphatic hydroxyl groups excluding tert-OH is 1. The maximum Gasteiger partial charge on any atom is 0.145 e. The summed E-state index contributed by atoms with van der Waals surface area (Å²) in [6.45, 7) is 7.25. The van der Waals surface area contributed by atoms with Crippen LogP contribution in [0.25, 0.3) is 10.2 Å². The van der Waals surface area contributed by atoms with Crippen LogP contribution in [0.5, 0.6) is 0 Å². The standard InChI is InChI=1S/C15H20ClN3OS/c1-9-10(2)21-15-13(9)14(16)17-12(18-15)8-19-5-3-11(7-19)4-6-20/h11,20H,3-8H2,1-2H3. The van der Waals surface area contributed by atoms with Crippen LogP contribution in [0, 0.1) is 19.8 Å². The molecule has 0 aliphatic carbocycles. The van der Waals surface area contributed by atoms with Gasteiger partial charge in [-0.3, -0.25) is 4.90 Å². The van der Waals surface area contributed by atoms with E-state index in [2.05, 4.69) is 28.7 Å². The minimum absolute atomic E-state index is 0.278. The number of hydrogen-bond acceptors (Lipinski definition) is 5. The summed E-state index contributed by atoms with van der Waals surface area (Å²) in [7, 11) is 0. The fraction of sp³-hybridized carbons (Fsp3) is 0.600. The highest BCUT2D eigenvalue weighted by molar-refractivity contribution is 7.18. The maximum absolute atomic E-state index is 9.03. The topological polar surface area (TPSA) is 49.2 Å². The van der Waals surface area contributed by atoms with Crippen LogP contribution in [0.1, 0.15) is 29.1 Å². The average Bonchev–Trinajstić information content (AvgIpc) is 2.96. The highest BCUT2D eigenvalue weighted by Crippen LogP contribution is 2.33. The number of aliphatic hydroxyl groups is 1. The Morgan fingerprint density at radius 3 is 2.95 bits per heavy atom. The Kier molecular flexibility index (Phi) is 4.45. The lowest BCUT2D eigenvalue weighted by Gasteiger charge is -2.14. The lowest BCUT2D eigenvalue weighted by Crippen LogP contribution is -2.21. The zero-order valence-electron chi connectivity index (χ0n) is 12.4. The van der Waals surface area contributed by atoms with Crippen LogP contribution in [0.3, 0.4) is 0 Å². The Labute approximate surface area is 133 Å². The van der Waals surface area contributed by atoms with Crippen LogP contribution in [0.2, 0.25) is 5.15 Å². The van der Waals surface area contributed by atoms with E-state index in [-0.39, 0.29) is 6.61 Å². The van der Waals surface area contributed by atoms with E-state index in [4.69, 9.17) is 16.7 Å². The van der Waals surface area contributed by atoms with Gasteiger partial charge in [0.05, 0.1) is 11.9 Å². The molecule has 1 aliphatic rings. The minimum Gasteiger partial charge on any atom is -0.396 e. The summed E-state index contributed by atoms with van der Waals surface area (Å²) in [5.41, 5.74) is 1.19. The number of likely N-dealkylation sites (tertiary alicyclic amines) is 1. The molecular formula is C15H20ClN3OS. The Hall–Kier alpha value is -0.750. The summed E-state index contributed by atoms with van der Waals surface area (Å²) in [4.78, 5) is 13.8. The van der Waals surface area contributed by atoms with Crippen molar-refractivity contribution in [3.8, 4) is 0 Å². The largest absolute Gasteiger partial charge is 0.396 e. The second-order valence-electron chi connectivity index (χ2n) is 5.80. The Balaban J connectivity index is 1.79. The van der Waals surface area contributed by atoms with E-state index in [1.165, 1.54) is 10.4 Å². The molecule has 1 N–H and O–H groups in total. The molecule has 1 unspecified atom stereocenters. The summed E-state index contributed by atoms with van der Waals surface area (Å²) in [5.74, 6) is 1.40. The van der Waals surface area contributed by atoms with E-state index in [0.717, 1.165) is 48.5 Å². The van der Waals surface area contributed by atoms with Crippen molar-refractivity contribution in [2.45, 2.75) is 33.2 Å². The van der Waals surface area contributed by atoms with Crippen molar-refractivity contribution in [2.75, 3.05) is 19.7 Å². The molecule has 114 valence electrons. The number of nitrogens with zero attached hydrogens (tertiary/aromatic N) is 3. The molecular weight excluding hydrogens is 306 g/mol. The van der Waals surface area contributed by atoms with Gasteiger partial charge < -0.3 is 5.11 Å². The van der Waals surface area contributed by atoms with Crippen molar-refractivity contribution in [2.24, 2.45) is 5.92 Å². The van der Waals surface area contributed by atoms with Crippen molar-refractivity contribution in [3.63, 3.8) is 0 Å². The molecule has 3 heterocycles. The van der Waals surface area contributed by atoms with Crippen LogP contribution >= 0.6 is 22.9 Å². The normalized spacial score (nSPS) is 19.7. The van der Waals surface area contributed by atoms with Crippen LogP contribution in [0.4, 0.5) is 0 Å². The van der Waals surface area contributed by atoms with E-state index in [1.807, 2.05) is 0 Å². The molecule has 0 aromatic carbocycles. The number of fused-ring (bicyclic) bond motifs is 1. The SMILES string of the molecule is Cc1sc2nc(CN3CCC(CCO)C3)nc(Cl)c2c1C. The summed E-state index contributed by atoms with van der Waals surface area (Å²) in [6.07, 6.45) is 2.04. The molecule has 6 heteroatoms. The first-order valence-corrected chi connectivity index (χ1v) is 8.53. The predicted molar refractivity (Wildman–Crippen MR) is 87.0 cm³/mol. The van der Waals surface area contributed by atoms with E-state index in [9.17, 15) is 0 Å². The van der Waals surface area contributed by atoms with Gasteiger partial charge in [-0.1, -0.05) is 11.6 Å². The van der Waals surface area contributed by atoms with Crippen LogP contribution < -0.4 is 0 Å². The second kappa shape index (κ2) is 6.16. The number of thiophene rings is 1. The molecule has 3 rings (SSSR count). The van der Waals surface area contributed by atoms with Crippen LogP contribution in [-0.4, -0.2) is 39.7 Å². The van der Waals surface area contributed by atoms with Crippen molar-refractivity contribution in [1.82, 2.24) is 14.9 Å². The maximum atomic E-state index is 9.03. The first-order chi connectivity index (χ1) is 10.1. The van der Waals surface area contributed by atoms with Gasteiger partial charge in [-0.25, -0.2) is 9.97 Å². The second-order valence-corrected chi connectivity index (χ2v) is 7.36. The van der Waals surface area contributed by atoms with Crippen LogP contribution in [-0.2, 0) is 6.54 Å². The number of aryl methyl sites for hydroxylation is 2. The number of halogens is 1. The summed E-state index contributed by atoms with van der Waals surface area (Å²) >= 11 is 8.04. The van der Waals surface area contributed by atoms with Gasteiger partial charge in [-0.2, -0.15) is 0 Å². The minimum atomic E-state index is 0.278. The van der Waals surface area contributed by atoms with Crippen molar-refractivity contribution in [1.29, 1.82) is 0 Å². The molecule has 4 nitrogen and oxygen atoms in total. The highest BCUT2D eigenvalue weighted by atomic mass is 35.5. The van der Waals surface area contributed by atoms with Crippen LogP contribution in [0.15, 0.2) is 0 Å². The zero-order valence-corrected chi connectivity index (χ0v) is 14.0. The molecule has 2 aromatic heterocycles.